The zero-order chi connectivity index (χ0) is 39.5. The average molecular weight is 768 g/mol. The summed E-state index contributed by atoms with van der Waals surface area (Å²) >= 11 is 0. The first-order chi connectivity index (χ1) is 26.5. The van der Waals surface area contributed by atoms with E-state index in [-0.39, 0.29) is 25.9 Å². The fourth-order valence-electron chi connectivity index (χ4n) is 6.53. The molecule has 17 heteroatoms. The summed E-state index contributed by atoms with van der Waals surface area (Å²) in [7, 11) is 0. The van der Waals surface area contributed by atoms with Crippen LogP contribution in [0, 0.1) is 0 Å². The molecule has 2 aliphatic rings. The number of benzene rings is 2. The lowest BCUT2D eigenvalue weighted by atomic mass is 9.89. The van der Waals surface area contributed by atoms with Gasteiger partial charge in [0, 0.05) is 38.1 Å². The van der Waals surface area contributed by atoms with Gasteiger partial charge in [-0.1, -0.05) is 65.9 Å². The number of aromatic nitrogens is 3. The number of nitrogens with one attached hydrogen (secondary N) is 2. The number of ether oxygens (including phenoxy) is 2. The molecular weight excluding hydrogens is 718 g/mol. The molecule has 1 aromatic heterocycles. The normalized spacial score (nSPS) is 28.8. The Bertz CT molecular complexity index is 1740. The molecule has 2 aliphatic heterocycles. The van der Waals surface area contributed by atoms with Crippen LogP contribution in [0.15, 0.2) is 79.0 Å². The predicted octanol–water partition coefficient (Wildman–Crippen LogP) is -1.97. The van der Waals surface area contributed by atoms with E-state index in [9.17, 15) is 50.4 Å². The summed E-state index contributed by atoms with van der Waals surface area (Å²) in [6, 6.07) is 17.9. The Morgan fingerprint density at radius 3 is 1.58 bits per heavy atom. The van der Waals surface area contributed by atoms with Gasteiger partial charge in [-0.05, 0) is 28.7 Å². The van der Waals surface area contributed by atoms with Crippen molar-refractivity contribution in [1.29, 1.82) is 0 Å². The number of aliphatic hydroxyl groups is 8. The molecule has 298 valence electrons. The lowest BCUT2D eigenvalue weighted by molar-refractivity contribution is -0.227. The van der Waals surface area contributed by atoms with E-state index in [1.165, 1.54) is 12.2 Å². The molecule has 0 spiro atoms. The van der Waals surface area contributed by atoms with Crippen LogP contribution in [-0.4, -0.2) is 148 Å². The Labute approximate surface area is 317 Å². The second-order valence-electron chi connectivity index (χ2n) is 13.5. The zero-order valence-electron chi connectivity index (χ0n) is 30.0. The highest BCUT2D eigenvalue weighted by molar-refractivity contribution is 5.96. The van der Waals surface area contributed by atoms with Crippen LogP contribution in [-0.2, 0) is 32.2 Å². The molecule has 0 bridgehead atoms. The van der Waals surface area contributed by atoms with Gasteiger partial charge < -0.3 is 61.0 Å². The monoisotopic (exact) mass is 767 g/mol. The Morgan fingerprint density at radius 1 is 0.655 bits per heavy atom. The molecule has 10 atom stereocenters. The number of carbonyl (C=O) groups excluding carboxylic acids is 2. The molecule has 55 heavy (non-hydrogen) atoms. The minimum absolute atomic E-state index is 0.00715. The third-order valence-electron chi connectivity index (χ3n) is 9.62. The Balaban J connectivity index is 1.13. The largest absolute Gasteiger partial charge is 0.394 e. The van der Waals surface area contributed by atoms with Gasteiger partial charge in [0.2, 0.25) is 11.8 Å². The van der Waals surface area contributed by atoms with Crippen LogP contribution in [0.25, 0.3) is 11.1 Å². The topological polar surface area (TPSA) is 269 Å². The van der Waals surface area contributed by atoms with Crippen molar-refractivity contribution in [3.63, 3.8) is 0 Å². The summed E-state index contributed by atoms with van der Waals surface area (Å²) in [5, 5.41) is 94.8. The number of nitrogens with zero attached hydrogens (tertiary/aromatic N) is 3. The van der Waals surface area contributed by atoms with Crippen LogP contribution in [0.4, 0.5) is 0 Å². The van der Waals surface area contributed by atoms with Crippen LogP contribution in [0.1, 0.15) is 36.1 Å². The quantitative estimate of drug-likeness (QED) is 0.0560. The van der Waals surface area contributed by atoms with E-state index < -0.39 is 86.1 Å². The summed E-state index contributed by atoms with van der Waals surface area (Å²) in [6.07, 6.45) is -8.15. The Kier molecular flexibility index (Phi) is 15.2. The van der Waals surface area contributed by atoms with Gasteiger partial charge in [0.05, 0.1) is 38.2 Å². The van der Waals surface area contributed by atoms with Gasteiger partial charge in [0.1, 0.15) is 54.5 Å². The fourth-order valence-corrected chi connectivity index (χ4v) is 6.53. The van der Waals surface area contributed by atoms with Gasteiger partial charge in [-0.2, -0.15) is 0 Å². The SMILES string of the molecule is O=C(/C=C(\C[C@@H]1O[C@H](CO)[C@H](O)[C@H](O)[C@H]1O)c1ccccc1)NCCCn1cc(CNC(=O)/C=C(\C[C@@H]2O[C@H](CO)[C@H](O)[C@H](O)[C@H]2O)c2ccccc2)nn1. The minimum Gasteiger partial charge on any atom is -0.394 e. The molecule has 3 aromatic rings. The first kappa shape index (κ1) is 41.8. The number of hydrogen-bond acceptors (Lipinski definition) is 14. The van der Waals surface area contributed by atoms with Crippen LogP contribution < -0.4 is 10.6 Å². The van der Waals surface area contributed by atoms with E-state index in [0.29, 0.717) is 40.9 Å². The van der Waals surface area contributed by atoms with E-state index in [4.69, 9.17) is 9.47 Å². The van der Waals surface area contributed by atoms with Crippen LogP contribution >= 0.6 is 0 Å². The second kappa shape index (κ2) is 20.0. The summed E-state index contributed by atoms with van der Waals surface area (Å²) in [5.41, 5.74) is 2.85. The number of hydrogen-bond donors (Lipinski definition) is 10. The summed E-state index contributed by atoms with van der Waals surface area (Å²) < 4.78 is 12.9. The Hall–Kier alpha value is -4.40. The van der Waals surface area contributed by atoms with Gasteiger partial charge in [-0.3, -0.25) is 14.3 Å². The molecule has 2 fully saturated rings. The van der Waals surface area contributed by atoms with Crippen LogP contribution in [0.3, 0.4) is 0 Å². The van der Waals surface area contributed by atoms with Gasteiger partial charge in [0.25, 0.3) is 0 Å². The standard InChI is InChI=1S/C38H49N5O12/c44-20-29-35(50)37(52)33(48)27(54-29)14-24(22-8-3-1-4-9-22)16-31(46)39-12-7-13-43-19-26(41-42-43)18-40-32(47)17-25(23-10-5-2-6-11-23)15-28-34(49)38(53)36(51)30(21-45)55-28/h1-6,8-11,16-17,19,27-30,33-38,44-45,48-53H,7,12-15,18,20-21H2,(H,39,46)(H,40,47)/b24-16+,25-17+/t27-,28-,29+,30+,33-,34-,35-,36-,37+,38+/m0/s1. The third-order valence-corrected chi connectivity index (χ3v) is 9.62. The van der Waals surface area contributed by atoms with Gasteiger partial charge in [-0.25, -0.2) is 0 Å². The minimum atomic E-state index is -1.54. The smallest absolute Gasteiger partial charge is 0.244 e. The summed E-state index contributed by atoms with van der Waals surface area (Å²) in [5.74, 6) is -0.866. The lowest BCUT2D eigenvalue weighted by Gasteiger charge is -2.40. The maximum absolute atomic E-state index is 13.0. The molecule has 10 N–H and O–H groups in total. The molecule has 0 aliphatic carbocycles. The van der Waals surface area contributed by atoms with Crippen LogP contribution in [0.5, 0.6) is 0 Å². The van der Waals surface area contributed by atoms with E-state index in [1.54, 1.807) is 59.4 Å². The first-order valence-electron chi connectivity index (χ1n) is 18.1. The highest BCUT2D eigenvalue weighted by Gasteiger charge is 2.44. The van der Waals surface area contributed by atoms with Crippen molar-refractivity contribution in [3.8, 4) is 0 Å². The molecular formula is C38H49N5O12. The molecule has 17 nitrogen and oxygen atoms in total. The van der Waals surface area contributed by atoms with Crippen molar-refractivity contribution in [1.82, 2.24) is 25.6 Å². The highest BCUT2D eigenvalue weighted by atomic mass is 16.6. The van der Waals surface area contributed by atoms with E-state index in [1.807, 2.05) is 12.1 Å². The number of rotatable bonds is 16. The molecule has 2 amide bonds. The second-order valence-corrected chi connectivity index (χ2v) is 13.5. The maximum Gasteiger partial charge on any atom is 0.244 e. The van der Waals surface area contributed by atoms with Crippen molar-refractivity contribution < 1.29 is 59.9 Å². The van der Waals surface area contributed by atoms with E-state index >= 15 is 0 Å². The highest BCUT2D eigenvalue weighted by Crippen LogP contribution is 2.31. The van der Waals surface area contributed by atoms with E-state index in [0.717, 1.165) is 0 Å². The van der Waals surface area contributed by atoms with Crippen molar-refractivity contribution >= 4 is 23.0 Å². The number of aliphatic hydroxyl groups excluding tert-OH is 8. The number of aryl methyl sites for hydroxylation is 1. The zero-order valence-corrected chi connectivity index (χ0v) is 30.0. The van der Waals surface area contributed by atoms with Gasteiger partial charge >= 0.3 is 0 Å². The summed E-state index contributed by atoms with van der Waals surface area (Å²) in [4.78, 5) is 26.0. The van der Waals surface area contributed by atoms with Crippen molar-refractivity contribution in [3.05, 3.63) is 95.8 Å². The fraction of sp³-hybridized carbons (Fsp3) is 0.474. The molecule has 2 saturated heterocycles. The molecule has 0 saturated carbocycles. The number of amides is 2. The molecule has 5 rings (SSSR count). The molecule has 0 unspecified atom stereocenters. The van der Waals surface area contributed by atoms with E-state index in [2.05, 4.69) is 20.9 Å². The van der Waals surface area contributed by atoms with Crippen molar-refractivity contribution in [2.24, 2.45) is 0 Å². The van der Waals surface area contributed by atoms with Crippen LogP contribution in [0.2, 0.25) is 0 Å². The van der Waals surface area contributed by atoms with Crippen molar-refractivity contribution in [2.75, 3.05) is 19.8 Å². The third kappa shape index (κ3) is 11.1. The van der Waals surface area contributed by atoms with Gasteiger partial charge in [-0.15, -0.1) is 5.10 Å². The predicted molar refractivity (Wildman–Crippen MR) is 195 cm³/mol. The average Bonchev–Trinajstić information content (AvgIpc) is 3.66. The molecule has 0 radical (unpaired) electrons. The maximum atomic E-state index is 13.0. The molecule has 2 aromatic carbocycles. The Morgan fingerprint density at radius 2 is 1.11 bits per heavy atom. The van der Waals surface area contributed by atoms with Gasteiger partial charge in [0.15, 0.2) is 0 Å². The summed E-state index contributed by atoms with van der Waals surface area (Å²) in [6.45, 7) is -0.386. The molecule has 3 heterocycles. The lowest BCUT2D eigenvalue weighted by Crippen LogP contribution is -2.58. The first-order valence-corrected chi connectivity index (χ1v) is 18.1. The van der Waals surface area contributed by atoms with Crippen molar-refractivity contribution in [2.45, 2.75) is 93.4 Å². The number of carbonyl (C=O) groups is 2.